The number of rotatable bonds is 4. The quantitative estimate of drug-likeness (QED) is 0.917. The molecule has 1 aromatic heterocycles. The van der Waals surface area contributed by atoms with Gasteiger partial charge < -0.3 is 9.67 Å². The minimum atomic E-state index is -0.898. The van der Waals surface area contributed by atoms with Gasteiger partial charge in [-0.2, -0.15) is 0 Å². The lowest BCUT2D eigenvalue weighted by Crippen LogP contribution is -2.05. The third-order valence-corrected chi connectivity index (χ3v) is 4.08. The van der Waals surface area contributed by atoms with Crippen molar-refractivity contribution in [2.45, 2.75) is 33.2 Å². The van der Waals surface area contributed by atoms with Crippen molar-refractivity contribution in [3.63, 3.8) is 0 Å². The fourth-order valence-corrected chi connectivity index (χ4v) is 2.67. The van der Waals surface area contributed by atoms with Gasteiger partial charge in [-0.1, -0.05) is 13.8 Å². The monoisotopic (exact) mass is 258 g/mol. The molecule has 2 aromatic rings. The number of carbonyl (C=O) groups is 1. The third-order valence-electron chi connectivity index (χ3n) is 4.08. The van der Waals surface area contributed by atoms with Crippen LogP contribution in [0.5, 0.6) is 0 Å². The molecule has 1 aliphatic rings. The summed E-state index contributed by atoms with van der Waals surface area (Å²) in [6, 6.07) is 5.22. The van der Waals surface area contributed by atoms with Gasteiger partial charge in [0.2, 0.25) is 0 Å². The van der Waals surface area contributed by atoms with Crippen molar-refractivity contribution < 1.29 is 9.90 Å². The summed E-state index contributed by atoms with van der Waals surface area (Å²) in [5.74, 6) is 1.71. The van der Waals surface area contributed by atoms with E-state index >= 15 is 0 Å². The molecule has 0 radical (unpaired) electrons. The minimum Gasteiger partial charge on any atom is -0.478 e. The van der Waals surface area contributed by atoms with Gasteiger partial charge in [-0.05, 0) is 36.5 Å². The molecule has 0 bridgehead atoms. The zero-order chi connectivity index (χ0) is 13.6. The molecule has 0 amide bonds. The van der Waals surface area contributed by atoms with Crippen LogP contribution in [0.25, 0.3) is 11.0 Å². The zero-order valence-corrected chi connectivity index (χ0v) is 11.3. The number of fused-ring (bicyclic) bond motifs is 1. The molecule has 19 heavy (non-hydrogen) atoms. The predicted molar refractivity (Wildman–Crippen MR) is 73.3 cm³/mol. The van der Waals surface area contributed by atoms with Crippen molar-refractivity contribution in [3.8, 4) is 0 Å². The number of imidazole rings is 1. The van der Waals surface area contributed by atoms with E-state index in [9.17, 15) is 4.79 Å². The maximum absolute atomic E-state index is 11.0. The van der Waals surface area contributed by atoms with E-state index in [4.69, 9.17) is 5.11 Å². The average molecular weight is 258 g/mol. The van der Waals surface area contributed by atoms with E-state index in [1.807, 2.05) is 6.07 Å². The summed E-state index contributed by atoms with van der Waals surface area (Å²) in [6.45, 7) is 5.37. The SMILES string of the molecule is CCc1nc2cc(C(=O)O)ccc2n1CC1CC1C. The normalized spacial score (nSPS) is 21.8. The van der Waals surface area contributed by atoms with Gasteiger partial charge in [0.15, 0.2) is 0 Å². The van der Waals surface area contributed by atoms with Crippen LogP contribution in [0.1, 0.15) is 36.5 Å². The van der Waals surface area contributed by atoms with E-state index in [2.05, 4.69) is 23.4 Å². The van der Waals surface area contributed by atoms with Crippen LogP contribution in [0.2, 0.25) is 0 Å². The van der Waals surface area contributed by atoms with Crippen molar-refractivity contribution in [1.29, 1.82) is 0 Å². The predicted octanol–water partition coefficient (Wildman–Crippen LogP) is 2.95. The molecule has 4 heteroatoms. The third kappa shape index (κ3) is 2.11. The molecule has 1 aliphatic carbocycles. The summed E-state index contributed by atoms with van der Waals surface area (Å²) in [6.07, 6.45) is 2.16. The Morgan fingerprint density at radius 1 is 1.53 bits per heavy atom. The minimum absolute atomic E-state index is 0.305. The summed E-state index contributed by atoms with van der Waals surface area (Å²) >= 11 is 0. The Morgan fingerprint density at radius 3 is 2.84 bits per heavy atom. The van der Waals surface area contributed by atoms with Crippen LogP contribution in [0.15, 0.2) is 18.2 Å². The molecule has 1 heterocycles. The maximum Gasteiger partial charge on any atom is 0.335 e. The number of hydrogen-bond donors (Lipinski definition) is 1. The van der Waals surface area contributed by atoms with E-state index in [1.54, 1.807) is 12.1 Å². The molecule has 1 aromatic carbocycles. The molecule has 1 saturated carbocycles. The Bertz CT molecular complexity index is 645. The number of aryl methyl sites for hydroxylation is 1. The molecule has 2 atom stereocenters. The van der Waals surface area contributed by atoms with Gasteiger partial charge in [0.05, 0.1) is 16.6 Å². The fraction of sp³-hybridized carbons (Fsp3) is 0.467. The lowest BCUT2D eigenvalue weighted by atomic mass is 10.2. The highest BCUT2D eigenvalue weighted by Gasteiger charge is 2.33. The van der Waals surface area contributed by atoms with Gasteiger partial charge in [-0.15, -0.1) is 0 Å². The molecule has 2 unspecified atom stereocenters. The largest absolute Gasteiger partial charge is 0.478 e. The van der Waals surface area contributed by atoms with Crippen LogP contribution in [0, 0.1) is 11.8 Å². The lowest BCUT2D eigenvalue weighted by Gasteiger charge is -2.07. The van der Waals surface area contributed by atoms with E-state index < -0.39 is 5.97 Å². The summed E-state index contributed by atoms with van der Waals surface area (Å²) in [5.41, 5.74) is 2.16. The van der Waals surface area contributed by atoms with Gasteiger partial charge in [0, 0.05) is 13.0 Å². The van der Waals surface area contributed by atoms with Gasteiger partial charge >= 0.3 is 5.97 Å². The summed E-state index contributed by atoms with van der Waals surface area (Å²) < 4.78 is 2.26. The second-order valence-electron chi connectivity index (χ2n) is 5.47. The van der Waals surface area contributed by atoms with Crippen molar-refractivity contribution in [1.82, 2.24) is 9.55 Å². The number of hydrogen-bond acceptors (Lipinski definition) is 2. The van der Waals surface area contributed by atoms with E-state index in [1.165, 1.54) is 6.42 Å². The standard InChI is InChI=1S/C15H18N2O2/c1-3-14-16-12-7-10(15(18)19)4-5-13(12)17(14)8-11-6-9(11)2/h4-5,7,9,11H,3,6,8H2,1-2H3,(H,18,19). The van der Waals surface area contributed by atoms with Crippen molar-refractivity contribution in [2.24, 2.45) is 11.8 Å². The highest BCUT2D eigenvalue weighted by atomic mass is 16.4. The average Bonchev–Trinajstić information content (AvgIpc) is 2.97. The second-order valence-corrected chi connectivity index (χ2v) is 5.47. The molecule has 0 spiro atoms. The maximum atomic E-state index is 11.0. The molecule has 1 fully saturated rings. The van der Waals surface area contributed by atoms with Crippen LogP contribution in [-0.2, 0) is 13.0 Å². The molecule has 1 N–H and O–H groups in total. The van der Waals surface area contributed by atoms with Gasteiger partial charge in [-0.3, -0.25) is 0 Å². The molecular weight excluding hydrogens is 240 g/mol. The summed E-state index contributed by atoms with van der Waals surface area (Å²) in [4.78, 5) is 15.6. The van der Waals surface area contributed by atoms with E-state index in [-0.39, 0.29) is 0 Å². The Kier molecular flexibility index (Phi) is 2.81. The number of aromatic carboxylic acids is 1. The Hall–Kier alpha value is -1.84. The fourth-order valence-electron chi connectivity index (χ4n) is 2.67. The second kappa shape index (κ2) is 4.37. The van der Waals surface area contributed by atoms with Gasteiger partial charge in [0.25, 0.3) is 0 Å². The van der Waals surface area contributed by atoms with Crippen LogP contribution in [-0.4, -0.2) is 20.6 Å². The number of benzene rings is 1. The van der Waals surface area contributed by atoms with E-state index in [0.29, 0.717) is 5.56 Å². The number of aromatic nitrogens is 2. The Balaban J connectivity index is 2.06. The molecule has 3 rings (SSSR count). The molecule has 0 aliphatic heterocycles. The van der Waals surface area contributed by atoms with Crippen molar-refractivity contribution >= 4 is 17.0 Å². The number of nitrogens with zero attached hydrogens (tertiary/aromatic N) is 2. The van der Waals surface area contributed by atoms with Crippen molar-refractivity contribution in [3.05, 3.63) is 29.6 Å². The topological polar surface area (TPSA) is 55.1 Å². The van der Waals surface area contributed by atoms with Crippen LogP contribution < -0.4 is 0 Å². The summed E-state index contributed by atoms with van der Waals surface area (Å²) in [5, 5.41) is 9.03. The first-order valence-corrected chi connectivity index (χ1v) is 6.82. The van der Waals surface area contributed by atoms with Crippen LogP contribution in [0.4, 0.5) is 0 Å². The van der Waals surface area contributed by atoms with Crippen LogP contribution in [0.3, 0.4) is 0 Å². The van der Waals surface area contributed by atoms with Gasteiger partial charge in [-0.25, -0.2) is 9.78 Å². The smallest absolute Gasteiger partial charge is 0.335 e. The highest BCUT2D eigenvalue weighted by Crippen LogP contribution is 2.39. The molecular formula is C15H18N2O2. The van der Waals surface area contributed by atoms with Crippen LogP contribution >= 0.6 is 0 Å². The molecule has 4 nitrogen and oxygen atoms in total. The summed E-state index contributed by atoms with van der Waals surface area (Å²) in [7, 11) is 0. The first-order valence-electron chi connectivity index (χ1n) is 6.82. The Labute approximate surface area is 112 Å². The van der Waals surface area contributed by atoms with Gasteiger partial charge in [0.1, 0.15) is 5.82 Å². The first-order chi connectivity index (χ1) is 9.10. The first kappa shape index (κ1) is 12.2. The number of carboxylic acid groups (broad SMARTS) is 1. The molecule has 0 saturated heterocycles. The van der Waals surface area contributed by atoms with E-state index in [0.717, 1.165) is 41.7 Å². The molecule has 100 valence electrons. The lowest BCUT2D eigenvalue weighted by molar-refractivity contribution is 0.0697. The number of carboxylic acids is 1. The van der Waals surface area contributed by atoms with Crippen molar-refractivity contribution in [2.75, 3.05) is 0 Å². The Morgan fingerprint density at radius 2 is 2.26 bits per heavy atom. The highest BCUT2D eigenvalue weighted by molar-refractivity contribution is 5.92. The zero-order valence-electron chi connectivity index (χ0n) is 11.3.